The van der Waals surface area contributed by atoms with Crippen molar-refractivity contribution in [3.63, 3.8) is 0 Å². The number of hydrogen-bond donors (Lipinski definition) is 0. The van der Waals surface area contributed by atoms with Crippen LogP contribution in [0.15, 0.2) is 151 Å². The Morgan fingerprint density at radius 3 is 1.77 bits per heavy atom. The molecule has 0 radical (unpaired) electrons. The second kappa shape index (κ2) is 12.8. The fraction of sp³-hybridized carbons (Fsp3) is 0.0435. The van der Waals surface area contributed by atoms with Gasteiger partial charge in [0.15, 0.2) is 0 Å². The summed E-state index contributed by atoms with van der Waals surface area (Å²) in [4.78, 5) is 0. The molecule has 0 unspecified atom stereocenters. The van der Waals surface area contributed by atoms with Crippen LogP contribution in [0, 0.1) is 0 Å². The molecular formula is C46H36O. The van der Waals surface area contributed by atoms with Crippen molar-refractivity contribution >= 4 is 57.5 Å². The lowest BCUT2D eigenvalue weighted by Gasteiger charge is -2.17. The van der Waals surface area contributed by atoms with Crippen molar-refractivity contribution < 1.29 is 4.42 Å². The van der Waals surface area contributed by atoms with E-state index in [2.05, 4.69) is 173 Å². The van der Waals surface area contributed by atoms with Crippen molar-refractivity contribution in [1.82, 2.24) is 0 Å². The van der Waals surface area contributed by atoms with Gasteiger partial charge < -0.3 is 4.42 Å². The van der Waals surface area contributed by atoms with Gasteiger partial charge in [-0.15, -0.1) is 0 Å². The first-order valence-electron chi connectivity index (χ1n) is 16.0. The molecule has 0 aliphatic heterocycles. The average molecular weight is 605 g/mol. The quantitative estimate of drug-likeness (QED) is 0.165. The second-order valence-electron chi connectivity index (χ2n) is 11.9. The molecule has 1 heterocycles. The third kappa shape index (κ3) is 5.69. The van der Waals surface area contributed by atoms with E-state index < -0.39 is 0 Å². The number of benzene rings is 6. The lowest BCUT2D eigenvalue weighted by Crippen LogP contribution is -2.19. The highest BCUT2D eigenvalue weighted by molar-refractivity contribution is 6.18. The van der Waals surface area contributed by atoms with Crippen LogP contribution in [-0.2, 0) is 0 Å². The van der Waals surface area contributed by atoms with Gasteiger partial charge in [0.05, 0.1) is 0 Å². The van der Waals surface area contributed by atoms with E-state index in [0.717, 1.165) is 27.7 Å². The molecule has 0 N–H and O–H groups in total. The zero-order chi connectivity index (χ0) is 32.3. The molecule has 1 nitrogen and oxygen atoms in total. The van der Waals surface area contributed by atoms with Crippen LogP contribution in [0.4, 0.5) is 0 Å². The maximum atomic E-state index is 6.27. The Bertz CT molecular complexity index is 2380. The fourth-order valence-electron chi connectivity index (χ4n) is 6.64. The summed E-state index contributed by atoms with van der Waals surface area (Å²) >= 11 is 0. The molecule has 0 spiro atoms. The minimum absolute atomic E-state index is 0.621. The molecule has 0 bridgehead atoms. The van der Waals surface area contributed by atoms with E-state index in [4.69, 9.17) is 4.42 Å². The van der Waals surface area contributed by atoms with Crippen LogP contribution in [0.3, 0.4) is 0 Å². The number of furan rings is 1. The van der Waals surface area contributed by atoms with E-state index in [-0.39, 0.29) is 0 Å². The Morgan fingerprint density at radius 1 is 0.596 bits per heavy atom. The first-order valence-corrected chi connectivity index (χ1v) is 16.0. The van der Waals surface area contributed by atoms with Crippen LogP contribution >= 0.6 is 0 Å². The van der Waals surface area contributed by atoms with Gasteiger partial charge in [-0.05, 0) is 92.1 Å². The van der Waals surface area contributed by atoms with Gasteiger partial charge in [-0.25, -0.2) is 0 Å². The van der Waals surface area contributed by atoms with Crippen LogP contribution in [0.1, 0.15) is 36.3 Å². The van der Waals surface area contributed by atoms with Crippen LogP contribution in [0.5, 0.6) is 0 Å². The summed E-state index contributed by atoms with van der Waals surface area (Å²) in [5, 5.41) is 5.89. The summed E-state index contributed by atoms with van der Waals surface area (Å²) < 4.78 is 6.27. The zero-order valence-electron chi connectivity index (χ0n) is 26.8. The molecule has 0 aliphatic carbocycles. The third-order valence-electron chi connectivity index (χ3n) is 8.95. The van der Waals surface area contributed by atoms with E-state index >= 15 is 0 Å². The molecule has 0 aliphatic rings. The molecule has 0 saturated carbocycles. The van der Waals surface area contributed by atoms with E-state index in [1.807, 2.05) is 12.1 Å². The number of hydrogen-bond acceptors (Lipinski definition) is 1. The van der Waals surface area contributed by atoms with Crippen molar-refractivity contribution in [2.24, 2.45) is 0 Å². The lowest BCUT2D eigenvalue weighted by molar-refractivity contribution is 0.523. The number of rotatable bonds is 7. The fourth-order valence-corrected chi connectivity index (χ4v) is 6.64. The molecule has 47 heavy (non-hydrogen) atoms. The van der Waals surface area contributed by atoms with Crippen LogP contribution in [-0.4, -0.2) is 0 Å². The average Bonchev–Trinajstić information content (AvgIpc) is 3.42. The Kier molecular flexibility index (Phi) is 8.13. The van der Waals surface area contributed by atoms with Crippen LogP contribution < -0.4 is 10.6 Å². The lowest BCUT2D eigenvalue weighted by atomic mass is 9.86. The molecule has 0 amide bonds. The van der Waals surface area contributed by atoms with E-state index in [1.54, 1.807) is 0 Å². The largest absolute Gasteiger partial charge is 0.457 e. The Labute approximate surface area is 276 Å². The standard InChI is InChI=1S/C46H36O/c1-5-38-39(33(4)47-44(38)29-32(3)36-21-16-22-37(30-36)34-17-8-6-9-18-34)28-27-31(2)45-40-23-12-14-25-42(40)46(35-19-10-7-11-20-35)43-26-15-13-24-41(43)45/h5-30H,1,4H2,2-3H3/b31-27+,32-29+,39-28+. The highest BCUT2D eigenvalue weighted by atomic mass is 16.3. The summed E-state index contributed by atoms with van der Waals surface area (Å²) in [7, 11) is 0. The van der Waals surface area contributed by atoms with E-state index in [9.17, 15) is 0 Å². The number of allylic oxidation sites excluding steroid dienone is 3. The summed E-state index contributed by atoms with van der Waals surface area (Å²) in [6, 6.07) is 47.2. The predicted octanol–water partition coefficient (Wildman–Crippen LogP) is 11.4. The van der Waals surface area contributed by atoms with E-state index in [1.165, 1.54) is 54.9 Å². The number of fused-ring (bicyclic) bond motifs is 2. The minimum atomic E-state index is 0.621. The first kappa shape index (κ1) is 29.8. The summed E-state index contributed by atoms with van der Waals surface area (Å²) in [6.07, 6.45) is 8.27. The maximum absolute atomic E-state index is 6.27. The highest BCUT2D eigenvalue weighted by Gasteiger charge is 2.16. The molecule has 7 rings (SSSR count). The summed E-state index contributed by atoms with van der Waals surface area (Å²) in [6.45, 7) is 12.7. The van der Waals surface area contributed by atoms with Gasteiger partial charge in [0.1, 0.15) is 11.2 Å². The van der Waals surface area contributed by atoms with Crippen molar-refractivity contribution in [1.29, 1.82) is 0 Å². The summed E-state index contributed by atoms with van der Waals surface area (Å²) in [5.74, 6) is 0.757. The molecule has 226 valence electrons. The van der Waals surface area contributed by atoms with Crippen molar-refractivity contribution in [3.05, 3.63) is 179 Å². The summed E-state index contributed by atoms with van der Waals surface area (Å²) in [5.41, 5.74) is 11.1. The first-order chi connectivity index (χ1) is 23.0. The molecule has 1 aromatic heterocycles. The van der Waals surface area contributed by atoms with Crippen molar-refractivity contribution in [2.75, 3.05) is 0 Å². The normalized spacial score (nSPS) is 12.6. The topological polar surface area (TPSA) is 13.1 Å². The third-order valence-corrected chi connectivity index (χ3v) is 8.95. The Hall–Kier alpha value is -5.92. The van der Waals surface area contributed by atoms with Crippen molar-refractivity contribution in [2.45, 2.75) is 13.8 Å². The monoisotopic (exact) mass is 604 g/mol. The van der Waals surface area contributed by atoms with Crippen LogP contribution in [0.2, 0.25) is 0 Å². The van der Waals surface area contributed by atoms with Gasteiger partial charge in [0.25, 0.3) is 0 Å². The van der Waals surface area contributed by atoms with Gasteiger partial charge >= 0.3 is 0 Å². The molecule has 1 heteroatoms. The van der Waals surface area contributed by atoms with E-state index in [0.29, 0.717) is 5.42 Å². The molecule has 0 atom stereocenters. The van der Waals surface area contributed by atoms with Gasteiger partial charge in [-0.2, -0.15) is 0 Å². The zero-order valence-corrected chi connectivity index (χ0v) is 26.8. The van der Waals surface area contributed by atoms with Gasteiger partial charge in [-0.1, -0.05) is 159 Å². The SMILES string of the molecule is C=Cc1c(/C=C(\C)c2cccc(-c3ccccc3)c2)oc(=C)/c1=C\C=C(/C)c1c2ccccc2c(-c2ccccc2)c2ccccc12. The second-order valence-corrected chi connectivity index (χ2v) is 11.9. The van der Waals surface area contributed by atoms with Crippen LogP contribution in [0.25, 0.3) is 79.8 Å². The van der Waals surface area contributed by atoms with Gasteiger partial charge in [-0.3, -0.25) is 0 Å². The molecule has 6 aromatic carbocycles. The Balaban J connectivity index is 1.33. The predicted molar refractivity (Wildman–Crippen MR) is 204 cm³/mol. The Morgan fingerprint density at radius 2 is 1.15 bits per heavy atom. The van der Waals surface area contributed by atoms with Crippen molar-refractivity contribution in [3.8, 4) is 22.3 Å². The van der Waals surface area contributed by atoms with Gasteiger partial charge in [0, 0.05) is 10.8 Å². The molecular weight excluding hydrogens is 569 g/mol. The maximum Gasteiger partial charge on any atom is 0.135 e. The molecule has 0 saturated heterocycles. The van der Waals surface area contributed by atoms with Gasteiger partial charge in [0.2, 0.25) is 0 Å². The molecule has 7 aromatic rings. The molecule has 0 fully saturated rings. The minimum Gasteiger partial charge on any atom is -0.457 e. The highest BCUT2D eigenvalue weighted by Crippen LogP contribution is 2.41. The smallest absolute Gasteiger partial charge is 0.135 e.